The summed E-state index contributed by atoms with van der Waals surface area (Å²) >= 11 is 0. The fourth-order valence-electron chi connectivity index (χ4n) is 2.49. The van der Waals surface area contributed by atoms with E-state index in [0.717, 1.165) is 0 Å². The largest absolute Gasteiger partial charge is 0.534 e. The Bertz CT molecular complexity index is 1050. The third-order valence-corrected chi connectivity index (χ3v) is 6.44. The van der Waals surface area contributed by atoms with Gasteiger partial charge in [-0.25, -0.2) is 22.8 Å². The van der Waals surface area contributed by atoms with E-state index < -0.39 is 80.6 Å². The Morgan fingerprint density at radius 3 is 2.03 bits per heavy atom. The molecule has 0 radical (unpaired) electrons. The number of sulfone groups is 1. The number of amides is 3. The van der Waals surface area contributed by atoms with Crippen LogP contribution in [0.1, 0.15) is 61.3 Å². The number of hydrogen-bond donors (Lipinski definition) is 2. The normalized spacial score (nSPS) is 15.1. The molecule has 1 aliphatic heterocycles. The lowest BCUT2D eigenvalue weighted by molar-refractivity contribution is -0.261. The van der Waals surface area contributed by atoms with E-state index in [1.54, 1.807) is 41.5 Å². The van der Waals surface area contributed by atoms with Crippen LogP contribution in [0.5, 0.6) is 0 Å². The van der Waals surface area contributed by atoms with Gasteiger partial charge in [0.2, 0.25) is 5.91 Å². The van der Waals surface area contributed by atoms with E-state index in [-0.39, 0.29) is 24.4 Å². The number of nitrogens with zero attached hydrogens (tertiary/aromatic N) is 2. The predicted molar refractivity (Wildman–Crippen MR) is 131 cm³/mol. The summed E-state index contributed by atoms with van der Waals surface area (Å²) in [7, 11) is -3.85. The van der Waals surface area contributed by atoms with Crippen molar-refractivity contribution in [1.29, 1.82) is 0 Å². The third kappa shape index (κ3) is 12.4. The van der Waals surface area contributed by atoms with Crippen molar-refractivity contribution in [2.45, 2.75) is 67.4 Å². The van der Waals surface area contributed by atoms with E-state index in [9.17, 15) is 37.2 Å². The van der Waals surface area contributed by atoms with Gasteiger partial charge in [0, 0.05) is 19.4 Å². The Balaban J connectivity index is 2.57. The summed E-state index contributed by atoms with van der Waals surface area (Å²) < 4.78 is 29.5. The SMILES string of the molecule is CC(CS(=O)(=O)CCNC(=O)CN(NOC(=O)C(C)(C)C)OC(=O)C(C)(C)C)OC(=O)ON1C(=O)CCC1=O. The molecule has 0 aromatic heterocycles. The zero-order valence-electron chi connectivity index (χ0n) is 23.0. The van der Waals surface area contributed by atoms with E-state index in [0.29, 0.717) is 5.17 Å². The lowest BCUT2D eigenvalue weighted by Gasteiger charge is -2.25. The van der Waals surface area contributed by atoms with Crippen molar-refractivity contribution in [3.05, 3.63) is 0 Å². The molecule has 1 fully saturated rings. The standard InChI is InChI=1S/C22H36N4O12S/c1-14(35-20(32)38-26-16(28)8-9-17(26)29)13-39(33,34)11-10-23-15(27)12-25(37-19(31)22(5,6)7)24-36-18(30)21(2,3)4/h14,24H,8-13H2,1-7H3,(H,23,27). The van der Waals surface area contributed by atoms with Gasteiger partial charge in [-0.15, -0.1) is 0 Å². The van der Waals surface area contributed by atoms with E-state index in [1.165, 1.54) is 6.92 Å². The van der Waals surface area contributed by atoms with Gasteiger partial charge in [0.1, 0.15) is 12.6 Å². The Morgan fingerprint density at radius 1 is 0.974 bits per heavy atom. The maximum atomic E-state index is 12.4. The highest BCUT2D eigenvalue weighted by atomic mass is 32.2. The number of carbonyl (C=O) groups is 6. The molecular weight excluding hydrogens is 544 g/mol. The lowest BCUT2D eigenvalue weighted by Crippen LogP contribution is -2.49. The molecule has 0 bridgehead atoms. The predicted octanol–water partition coefficient (Wildman–Crippen LogP) is -0.0617. The molecule has 16 nitrogen and oxygen atoms in total. The Labute approximate surface area is 226 Å². The average Bonchev–Trinajstić information content (AvgIpc) is 3.06. The molecule has 0 spiro atoms. The monoisotopic (exact) mass is 580 g/mol. The van der Waals surface area contributed by atoms with Crippen LogP contribution in [-0.2, 0) is 53.1 Å². The second-order valence-corrected chi connectivity index (χ2v) is 12.9. The minimum absolute atomic E-state index is 0.114. The van der Waals surface area contributed by atoms with Gasteiger partial charge < -0.3 is 19.7 Å². The summed E-state index contributed by atoms with van der Waals surface area (Å²) in [5.74, 6) is -4.85. The van der Waals surface area contributed by atoms with Crippen molar-refractivity contribution in [2.75, 3.05) is 24.6 Å². The van der Waals surface area contributed by atoms with E-state index in [4.69, 9.17) is 14.4 Å². The number of hydrogen-bond acceptors (Lipinski definition) is 14. The molecule has 1 saturated heterocycles. The number of nitrogens with one attached hydrogen (secondary N) is 2. The van der Waals surface area contributed by atoms with E-state index >= 15 is 0 Å². The zero-order chi connectivity index (χ0) is 30.2. The Morgan fingerprint density at radius 2 is 1.51 bits per heavy atom. The van der Waals surface area contributed by atoms with Crippen LogP contribution in [0.3, 0.4) is 0 Å². The first-order chi connectivity index (χ1) is 17.7. The molecule has 222 valence electrons. The fraction of sp³-hybridized carbons (Fsp3) is 0.727. The summed E-state index contributed by atoms with van der Waals surface area (Å²) in [6.45, 7) is 9.70. The first-order valence-corrected chi connectivity index (χ1v) is 13.7. The van der Waals surface area contributed by atoms with Gasteiger partial charge >= 0.3 is 18.1 Å². The molecule has 2 N–H and O–H groups in total. The third-order valence-electron chi connectivity index (χ3n) is 4.64. The minimum Gasteiger partial charge on any atom is -0.429 e. The van der Waals surface area contributed by atoms with Gasteiger partial charge in [-0.3, -0.25) is 19.2 Å². The van der Waals surface area contributed by atoms with Crippen LogP contribution in [-0.4, -0.2) is 85.2 Å². The molecule has 1 aliphatic rings. The second kappa shape index (κ2) is 13.7. The number of ether oxygens (including phenoxy) is 1. The summed E-state index contributed by atoms with van der Waals surface area (Å²) in [5, 5.41) is 3.19. The molecule has 39 heavy (non-hydrogen) atoms. The maximum absolute atomic E-state index is 12.4. The number of hydrazine groups is 1. The molecular formula is C22H36N4O12S. The van der Waals surface area contributed by atoms with Gasteiger partial charge in [-0.1, -0.05) is 5.06 Å². The first kappa shape index (κ1) is 33.7. The highest BCUT2D eigenvalue weighted by Gasteiger charge is 2.34. The van der Waals surface area contributed by atoms with Gasteiger partial charge in [-0.2, -0.15) is 0 Å². The summed E-state index contributed by atoms with van der Waals surface area (Å²) in [4.78, 5) is 85.7. The van der Waals surface area contributed by atoms with Gasteiger partial charge in [0.25, 0.3) is 11.8 Å². The zero-order valence-corrected chi connectivity index (χ0v) is 23.8. The maximum Gasteiger partial charge on any atom is 0.534 e. The van der Waals surface area contributed by atoms with Gasteiger partial charge in [0.15, 0.2) is 9.84 Å². The van der Waals surface area contributed by atoms with Crippen LogP contribution in [0.4, 0.5) is 4.79 Å². The van der Waals surface area contributed by atoms with Crippen LogP contribution < -0.4 is 10.9 Å². The molecule has 17 heteroatoms. The highest BCUT2D eigenvalue weighted by Crippen LogP contribution is 2.17. The van der Waals surface area contributed by atoms with E-state index in [2.05, 4.69) is 15.7 Å². The summed E-state index contributed by atoms with van der Waals surface area (Å²) in [5.41, 5.74) is 0.244. The molecule has 1 unspecified atom stereocenters. The molecule has 0 aromatic rings. The Hall–Kier alpha value is -3.31. The van der Waals surface area contributed by atoms with Gasteiger partial charge in [-0.05, 0) is 59.2 Å². The summed E-state index contributed by atoms with van der Waals surface area (Å²) in [6, 6.07) is 0. The van der Waals surface area contributed by atoms with Crippen molar-refractivity contribution >= 4 is 45.7 Å². The molecule has 3 amide bonds. The van der Waals surface area contributed by atoms with Crippen LogP contribution in [0.2, 0.25) is 0 Å². The smallest absolute Gasteiger partial charge is 0.429 e. The molecule has 1 heterocycles. The quantitative estimate of drug-likeness (QED) is 0.176. The van der Waals surface area contributed by atoms with Crippen molar-refractivity contribution in [3.8, 4) is 0 Å². The van der Waals surface area contributed by atoms with Crippen LogP contribution in [0.15, 0.2) is 0 Å². The number of carbonyl (C=O) groups excluding carboxylic acids is 6. The summed E-state index contributed by atoms with van der Waals surface area (Å²) in [6.07, 6.45) is -2.84. The topological polar surface area (TPSA) is 204 Å². The average molecular weight is 581 g/mol. The van der Waals surface area contributed by atoms with Crippen LogP contribution in [0.25, 0.3) is 0 Å². The number of rotatable bonds is 12. The van der Waals surface area contributed by atoms with Gasteiger partial charge in [0.05, 0.1) is 22.3 Å². The van der Waals surface area contributed by atoms with Crippen molar-refractivity contribution in [2.24, 2.45) is 10.8 Å². The van der Waals surface area contributed by atoms with Crippen LogP contribution >= 0.6 is 0 Å². The van der Waals surface area contributed by atoms with E-state index in [1.807, 2.05) is 0 Å². The van der Waals surface area contributed by atoms with Crippen molar-refractivity contribution in [1.82, 2.24) is 21.1 Å². The Kier molecular flexibility index (Phi) is 11.8. The first-order valence-electron chi connectivity index (χ1n) is 11.9. The highest BCUT2D eigenvalue weighted by molar-refractivity contribution is 7.91. The number of hydroxylamine groups is 3. The molecule has 1 atom stereocenters. The van der Waals surface area contributed by atoms with Crippen molar-refractivity contribution in [3.63, 3.8) is 0 Å². The van der Waals surface area contributed by atoms with Crippen molar-refractivity contribution < 1.29 is 56.4 Å². The second-order valence-electron chi connectivity index (χ2n) is 10.7. The van der Waals surface area contributed by atoms with Crippen LogP contribution in [0, 0.1) is 10.8 Å². The molecule has 1 rings (SSSR count). The minimum atomic E-state index is -3.85. The fourth-order valence-corrected chi connectivity index (χ4v) is 3.85. The molecule has 0 aliphatic carbocycles. The molecule has 0 saturated carbocycles. The number of imide groups is 1. The molecule has 0 aromatic carbocycles. The lowest BCUT2D eigenvalue weighted by atomic mass is 9.98.